The lowest BCUT2D eigenvalue weighted by atomic mass is 9.74. The minimum absolute atomic E-state index is 0.118. The van der Waals surface area contributed by atoms with Gasteiger partial charge in [-0.1, -0.05) is 27.7 Å². The van der Waals surface area contributed by atoms with E-state index in [9.17, 15) is 40.2 Å². The van der Waals surface area contributed by atoms with Crippen molar-refractivity contribution in [2.24, 2.45) is 23.7 Å². The number of carbonyl (C=O) groups excluding carboxylic acids is 2. The largest absolute Gasteiger partial charge is 0.459 e. The molecule has 3 fully saturated rings. The van der Waals surface area contributed by atoms with Crippen molar-refractivity contribution in [2.45, 2.75) is 179 Å². The Kier molecular flexibility index (Phi) is 14.1. The molecule has 3 aliphatic rings. The number of Topliss-reactive ketones (excluding diaryl/α,β-unsaturated/α-hetero) is 1. The zero-order valence-corrected chi connectivity index (χ0v) is 32.0. The lowest BCUT2D eigenvalue weighted by Gasteiger charge is -2.48. The Morgan fingerprint density at radius 1 is 0.840 bits per heavy atom. The summed E-state index contributed by atoms with van der Waals surface area (Å²) in [7, 11) is 3.67. The average Bonchev–Trinajstić information content (AvgIpc) is 3.01. The van der Waals surface area contributed by atoms with E-state index in [1.807, 2.05) is 25.9 Å². The van der Waals surface area contributed by atoms with Crippen LogP contribution in [0.4, 0.5) is 0 Å². The Morgan fingerprint density at radius 3 is 1.98 bits per heavy atom. The average molecular weight is 720 g/mol. The van der Waals surface area contributed by atoms with Crippen LogP contribution in [0.15, 0.2) is 0 Å². The molecule has 0 aromatic rings. The van der Waals surface area contributed by atoms with Crippen molar-refractivity contribution in [1.29, 1.82) is 0 Å². The van der Waals surface area contributed by atoms with E-state index < -0.39 is 108 Å². The van der Waals surface area contributed by atoms with Crippen molar-refractivity contribution < 1.29 is 63.9 Å². The molecule has 3 saturated heterocycles. The number of aliphatic hydroxyl groups is 6. The predicted octanol–water partition coefficient (Wildman–Crippen LogP) is 1.13. The molecule has 50 heavy (non-hydrogen) atoms. The van der Waals surface area contributed by atoms with Crippen molar-refractivity contribution >= 4 is 11.8 Å². The lowest BCUT2D eigenvalue weighted by Crippen LogP contribution is -2.61. The molecule has 14 nitrogen and oxygen atoms in total. The van der Waals surface area contributed by atoms with Crippen LogP contribution in [-0.4, -0.2) is 146 Å². The van der Waals surface area contributed by atoms with Gasteiger partial charge in [-0.25, -0.2) is 0 Å². The number of esters is 1. The van der Waals surface area contributed by atoms with Gasteiger partial charge in [0.05, 0.1) is 47.6 Å². The maximum absolute atomic E-state index is 14.0. The molecular formula is C36H65NO13. The third-order valence-electron chi connectivity index (χ3n) is 11.4. The molecule has 0 aromatic heterocycles. The summed E-state index contributed by atoms with van der Waals surface area (Å²) in [6.45, 7) is 15.8. The number of ketones is 1. The molecule has 0 saturated carbocycles. The van der Waals surface area contributed by atoms with E-state index in [4.69, 9.17) is 23.7 Å². The van der Waals surface area contributed by atoms with Crippen LogP contribution in [0, 0.1) is 23.7 Å². The van der Waals surface area contributed by atoms with E-state index in [2.05, 4.69) is 0 Å². The highest BCUT2D eigenvalue weighted by molar-refractivity contribution is 5.83. The van der Waals surface area contributed by atoms with Gasteiger partial charge in [0.25, 0.3) is 0 Å². The summed E-state index contributed by atoms with van der Waals surface area (Å²) in [5.41, 5.74) is -5.42. The molecule has 6 N–H and O–H groups in total. The van der Waals surface area contributed by atoms with Gasteiger partial charge in [-0.15, -0.1) is 0 Å². The molecule has 0 bridgehead atoms. The second-order valence-corrected chi connectivity index (χ2v) is 16.3. The van der Waals surface area contributed by atoms with Gasteiger partial charge in [-0.3, -0.25) is 9.59 Å². The van der Waals surface area contributed by atoms with Crippen LogP contribution < -0.4 is 0 Å². The van der Waals surface area contributed by atoms with Crippen LogP contribution in [0.25, 0.3) is 0 Å². The second-order valence-electron chi connectivity index (χ2n) is 16.3. The Bertz CT molecular complexity index is 1150. The summed E-state index contributed by atoms with van der Waals surface area (Å²) in [5, 5.41) is 68.1. The smallest absolute Gasteiger partial charge is 0.311 e. The van der Waals surface area contributed by atoms with Gasteiger partial charge in [0, 0.05) is 30.2 Å². The minimum atomic E-state index is -2.01. The molecule has 0 aliphatic carbocycles. The lowest BCUT2D eigenvalue weighted by molar-refractivity contribution is -0.316. The molecule has 0 radical (unpaired) electrons. The maximum Gasteiger partial charge on any atom is 0.311 e. The van der Waals surface area contributed by atoms with Crippen molar-refractivity contribution in [1.82, 2.24) is 4.90 Å². The first-order valence-electron chi connectivity index (χ1n) is 18.1. The molecule has 292 valence electrons. The van der Waals surface area contributed by atoms with Crippen LogP contribution in [0.2, 0.25) is 0 Å². The molecule has 3 heterocycles. The number of rotatable bonds is 6. The van der Waals surface area contributed by atoms with E-state index in [-0.39, 0.29) is 31.4 Å². The molecule has 2 unspecified atom stereocenters. The molecule has 3 aliphatic heterocycles. The summed E-state index contributed by atoms with van der Waals surface area (Å²) in [6.07, 6.45) is -10.7. The number of carbonyl (C=O) groups is 2. The summed E-state index contributed by atoms with van der Waals surface area (Å²) < 4.78 is 31.0. The normalized spacial score (nSPS) is 50.5. The van der Waals surface area contributed by atoms with Gasteiger partial charge in [-0.05, 0) is 74.9 Å². The standard InChI is InChI=1S/C36H65NO13/c1-13-24-36(10,45)29(40)19(4)26(38)17(2)15-35(9,44)31(50-33-27(39)23(37(11)12)14-18(3)46-33)20(5)28(21(6)32(42)48-24)49-25-16-34(8,43)30(41)22(7)47-25/h17-25,27-31,33,39-41,43-45H,13-16H2,1-12H3/t17-,18-,19+,20+,21-,22+,23+,24-,25?,27-,28+,29-,30+,31-,33?,34-,35-,36-/m1/s1. The summed E-state index contributed by atoms with van der Waals surface area (Å²) >= 11 is 0. The molecule has 18 atom stereocenters. The first-order chi connectivity index (χ1) is 22.9. The number of ether oxygens (including phenoxy) is 5. The molecule has 0 aromatic carbocycles. The Morgan fingerprint density at radius 2 is 1.44 bits per heavy atom. The quantitative estimate of drug-likeness (QED) is 0.213. The Balaban J connectivity index is 2.17. The van der Waals surface area contributed by atoms with Gasteiger partial charge < -0.3 is 59.2 Å². The van der Waals surface area contributed by atoms with Gasteiger partial charge in [-0.2, -0.15) is 0 Å². The highest BCUT2D eigenvalue weighted by Crippen LogP contribution is 2.40. The van der Waals surface area contributed by atoms with Gasteiger partial charge in [0.2, 0.25) is 0 Å². The first-order valence-corrected chi connectivity index (χ1v) is 18.1. The fourth-order valence-corrected chi connectivity index (χ4v) is 8.22. The fourth-order valence-electron chi connectivity index (χ4n) is 8.22. The predicted molar refractivity (Wildman–Crippen MR) is 181 cm³/mol. The molecule has 3 rings (SSSR count). The third kappa shape index (κ3) is 9.25. The fraction of sp³-hybridized carbons (Fsp3) is 0.944. The van der Waals surface area contributed by atoms with Crippen molar-refractivity contribution in [3.63, 3.8) is 0 Å². The first kappa shape index (κ1) is 43.1. The minimum Gasteiger partial charge on any atom is -0.459 e. The number of aliphatic hydroxyl groups excluding tert-OH is 3. The highest BCUT2D eigenvalue weighted by Gasteiger charge is 2.53. The van der Waals surface area contributed by atoms with Crippen molar-refractivity contribution in [2.75, 3.05) is 14.1 Å². The van der Waals surface area contributed by atoms with Gasteiger partial charge >= 0.3 is 5.97 Å². The number of nitrogens with zero attached hydrogens (tertiary/aromatic N) is 1. The summed E-state index contributed by atoms with van der Waals surface area (Å²) in [4.78, 5) is 29.6. The second kappa shape index (κ2) is 16.4. The Labute approximate surface area is 297 Å². The molecule has 14 heteroatoms. The molecule has 0 amide bonds. The zero-order chi connectivity index (χ0) is 38.3. The maximum atomic E-state index is 14.0. The van der Waals surface area contributed by atoms with Crippen LogP contribution in [-0.2, 0) is 33.3 Å². The summed E-state index contributed by atoms with van der Waals surface area (Å²) in [6, 6.07) is -0.337. The number of hydrogen-bond donors (Lipinski definition) is 6. The Hall–Kier alpha value is -1.30. The van der Waals surface area contributed by atoms with Crippen LogP contribution >= 0.6 is 0 Å². The number of likely N-dealkylation sites (N-methyl/N-ethyl adjacent to an activating group) is 1. The molecular weight excluding hydrogens is 654 g/mol. The van der Waals surface area contributed by atoms with E-state index in [0.717, 1.165) is 0 Å². The summed E-state index contributed by atoms with van der Waals surface area (Å²) in [5.74, 6) is -5.14. The zero-order valence-electron chi connectivity index (χ0n) is 32.0. The van der Waals surface area contributed by atoms with Crippen molar-refractivity contribution in [3.05, 3.63) is 0 Å². The van der Waals surface area contributed by atoms with E-state index in [1.165, 1.54) is 27.7 Å². The van der Waals surface area contributed by atoms with Gasteiger partial charge in [0.15, 0.2) is 12.6 Å². The van der Waals surface area contributed by atoms with E-state index in [1.54, 1.807) is 34.6 Å². The number of hydrogen-bond acceptors (Lipinski definition) is 14. The van der Waals surface area contributed by atoms with E-state index >= 15 is 0 Å². The van der Waals surface area contributed by atoms with Crippen molar-refractivity contribution in [3.8, 4) is 0 Å². The molecule has 0 spiro atoms. The number of cyclic esters (lactones) is 1. The van der Waals surface area contributed by atoms with Gasteiger partial charge in [0.1, 0.15) is 29.7 Å². The monoisotopic (exact) mass is 719 g/mol. The van der Waals surface area contributed by atoms with Crippen LogP contribution in [0.3, 0.4) is 0 Å². The SMILES string of the molecule is CC[C@H]1OC(=O)[C@H](C)[C@@H](OC2C[C@@](C)(O)[C@@H](O)[C@H](C)O2)[C@H](C)[C@@H](OC2O[C@H](C)C[C@H](N(C)C)[C@H]2O)[C@](C)(O)C[C@@H](C)C(=O)[C@H](C)[C@@H](O)[C@]1(C)O. The third-order valence-corrected chi connectivity index (χ3v) is 11.4. The van der Waals surface area contributed by atoms with Crippen LogP contribution in [0.1, 0.15) is 94.9 Å². The van der Waals surface area contributed by atoms with Crippen LogP contribution in [0.5, 0.6) is 0 Å². The van der Waals surface area contributed by atoms with E-state index in [0.29, 0.717) is 6.42 Å². The highest BCUT2D eigenvalue weighted by atomic mass is 16.7. The topological polar surface area (TPSA) is 205 Å².